The van der Waals surface area contributed by atoms with Crippen LogP contribution in [0.3, 0.4) is 0 Å². The van der Waals surface area contributed by atoms with E-state index in [2.05, 4.69) is 14.9 Å². The third kappa shape index (κ3) is 7.28. The maximum absolute atomic E-state index is 12.6. The molecule has 1 aromatic heterocycles. The summed E-state index contributed by atoms with van der Waals surface area (Å²) in [5.74, 6) is -2.65. The minimum absolute atomic E-state index is 0.0267. The van der Waals surface area contributed by atoms with Gasteiger partial charge in [0.05, 0.1) is 29.3 Å². The lowest BCUT2D eigenvalue weighted by atomic mass is 9.72. The van der Waals surface area contributed by atoms with Crippen molar-refractivity contribution in [2.75, 3.05) is 38.2 Å². The number of carboxylic acids is 1. The Bertz CT molecular complexity index is 913. The van der Waals surface area contributed by atoms with Crippen LogP contribution in [0.25, 0.3) is 0 Å². The number of carbonyl (C=O) groups is 2. The molecule has 2 aliphatic rings. The molecule has 2 saturated heterocycles. The number of hydrogen-bond acceptors (Lipinski definition) is 7. The van der Waals surface area contributed by atoms with Crippen molar-refractivity contribution >= 4 is 33.3 Å². The molecular formula is C17H22ClF3N4O5S. The van der Waals surface area contributed by atoms with Crippen molar-refractivity contribution in [2.24, 2.45) is 5.41 Å². The maximum atomic E-state index is 12.6. The Morgan fingerprint density at radius 1 is 1.29 bits per heavy atom. The molecule has 0 aromatic carbocycles. The number of rotatable bonds is 5. The zero-order chi connectivity index (χ0) is 23.4. The molecular weight excluding hydrogens is 465 g/mol. The smallest absolute Gasteiger partial charge is 0.475 e. The molecule has 2 aliphatic heterocycles. The van der Waals surface area contributed by atoms with Gasteiger partial charge in [-0.15, -0.1) is 0 Å². The Morgan fingerprint density at radius 3 is 2.42 bits per heavy atom. The molecule has 2 fully saturated rings. The average Bonchev–Trinajstić information content (AvgIpc) is 2.66. The van der Waals surface area contributed by atoms with Crippen molar-refractivity contribution in [2.45, 2.75) is 25.6 Å². The van der Waals surface area contributed by atoms with Crippen molar-refractivity contribution < 1.29 is 36.3 Å². The maximum Gasteiger partial charge on any atom is 0.490 e. The van der Waals surface area contributed by atoms with E-state index in [1.165, 1.54) is 12.5 Å². The number of aliphatic carboxylic acids is 1. The summed E-state index contributed by atoms with van der Waals surface area (Å²) in [4.78, 5) is 33.6. The van der Waals surface area contributed by atoms with Crippen LogP contribution in [0.1, 0.15) is 18.5 Å². The van der Waals surface area contributed by atoms with Crippen LogP contribution in [0.2, 0.25) is 5.15 Å². The summed E-state index contributed by atoms with van der Waals surface area (Å²) in [6, 6.07) is 0. The van der Waals surface area contributed by atoms with E-state index in [9.17, 15) is 26.4 Å². The molecule has 1 aromatic rings. The third-order valence-corrected chi connectivity index (χ3v) is 6.04. The fourth-order valence-corrected chi connectivity index (χ4v) is 4.17. The highest BCUT2D eigenvalue weighted by molar-refractivity contribution is 7.90. The number of sulfone groups is 1. The Morgan fingerprint density at radius 2 is 1.94 bits per heavy atom. The first-order chi connectivity index (χ1) is 14.2. The lowest BCUT2D eigenvalue weighted by Crippen LogP contribution is -2.67. The Balaban J connectivity index is 0.000000423. The van der Waals surface area contributed by atoms with Crippen LogP contribution in [0.15, 0.2) is 12.4 Å². The fraction of sp³-hybridized carbons (Fsp3) is 0.647. The van der Waals surface area contributed by atoms with E-state index in [0.717, 1.165) is 25.1 Å². The number of piperidine rings is 1. The molecule has 0 saturated carbocycles. The van der Waals surface area contributed by atoms with Crippen LogP contribution in [0.5, 0.6) is 0 Å². The van der Waals surface area contributed by atoms with Gasteiger partial charge in [-0.2, -0.15) is 13.2 Å². The van der Waals surface area contributed by atoms with Crippen LogP contribution < -0.4 is 0 Å². The lowest BCUT2D eigenvalue weighted by molar-refractivity contribution is -0.192. The summed E-state index contributed by atoms with van der Waals surface area (Å²) < 4.78 is 54.3. The second-order valence-electron chi connectivity index (χ2n) is 7.58. The van der Waals surface area contributed by atoms with Gasteiger partial charge in [-0.1, -0.05) is 11.6 Å². The number of alkyl halides is 3. The van der Waals surface area contributed by atoms with E-state index in [4.69, 9.17) is 21.5 Å². The first-order valence-electron chi connectivity index (χ1n) is 9.18. The number of nitrogens with zero attached hydrogens (tertiary/aromatic N) is 4. The van der Waals surface area contributed by atoms with Gasteiger partial charge in [0, 0.05) is 32.4 Å². The number of aromatic nitrogens is 2. The Hall–Kier alpha value is -1.99. The summed E-state index contributed by atoms with van der Waals surface area (Å²) in [5, 5.41) is 7.49. The Kier molecular flexibility index (Phi) is 7.87. The van der Waals surface area contributed by atoms with Gasteiger partial charge >= 0.3 is 12.1 Å². The van der Waals surface area contributed by atoms with Crippen molar-refractivity contribution in [1.82, 2.24) is 19.8 Å². The van der Waals surface area contributed by atoms with Crippen LogP contribution in [0.4, 0.5) is 13.2 Å². The number of halogens is 4. The molecule has 1 N–H and O–H groups in total. The number of carbonyl (C=O) groups excluding carboxylic acids is 1. The van der Waals surface area contributed by atoms with E-state index >= 15 is 0 Å². The summed E-state index contributed by atoms with van der Waals surface area (Å²) in [6.07, 6.45) is 1.11. The van der Waals surface area contributed by atoms with Crippen LogP contribution >= 0.6 is 11.6 Å². The van der Waals surface area contributed by atoms with Crippen LogP contribution in [-0.2, 0) is 26.0 Å². The predicted molar refractivity (Wildman–Crippen MR) is 104 cm³/mol. The van der Waals surface area contributed by atoms with Gasteiger partial charge in [-0.25, -0.2) is 18.2 Å². The molecule has 1 atom stereocenters. The standard InChI is InChI=1S/C15H21ClN4O3S.C2HF3O2/c1-24(22,23)6-5-20-11-15(14(20)21)3-2-4-19(10-15)9-12-7-18-13(16)8-17-12;3-2(4,5)1(6)7/h7-8H,2-6,9-11H2,1H3;(H,6,7). The van der Waals surface area contributed by atoms with Crippen molar-refractivity contribution in [3.05, 3.63) is 23.2 Å². The molecule has 1 unspecified atom stereocenters. The van der Waals surface area contributed by atoms with Gasteiger partial charge in [0.1, 0.15) is 15.0 Å². The van der Waals surface area contributed by atoms with Crippen molar-refractivity contribution in [3.63, 3.8) is 0 Å². The second-order valence-corrected chi connectivity index (χ2v) is 10.2. The van der Waals surface area contributed by atoms with Gasteiger partial charge in [-0.05, 0) is 19.4 Å². The summed E-state index contributed by atoms with van der Waals surface area (Å²) in [7, 11) is -3.05. The van der Waals surface area contributed by atoms with E-state index in [0.29, 0.717) is 31.3 Å². The average molecular weight is 487 g/mol. The van der Waals surface area contributed by atoms with E-state index in [-0.39, 0.29) is 17.1 Å². The largest absolute Gasteiger partial charge is 0.490 e. The topological polar surface area (TPSA) is 121 Å². The molecule has 174 valence electrons. The van der Waals surface area contributed by atoms with E-state index in [1.54, 1.807) is 11.1 Å². The number of β-lactam (4-membered cyclic amide) rings is 1. The molecule has 9 nitrogen and oxygen atoms in total. The number of hydrogen-bond donors (Lipinski definition) is 1. The SMILES string of the molecule is CS(=O)(=O)CCN1CC2(CCCN(Cc3cnc(Cl)cn3)C2)C1=O.O=C(O)C(F)(F)F. The molecule has 14 heteroatoms. The zero-order valence-electron chi connectivity index (χ0n) is 16.6. The predicted octanol–water partition coefficient (Wildman–Crippen LogP) is 1.23. The minimum Gasteiger partial charge on any atom is -0.475 e. The first kappa shape index (κ1) is 25.3. The third-order valence-electron chi connectivity index (χ3n) is 4.92. The number of carboxylic acid groups (broad SMARTS) is 1. The van der Waals surface area contributed by atoms with Gasteiger partial charge in [0.25, 0.3) is 0 Å². The molecule has 0 bridgehead atoms. The molecule has 3 rings (SSSR count). The van der Waals surface area contributed by atoms with Crippen LogP contribution in [0, 0.1) is 5.41 Å². The quantitative estimate of drug-likeness (QED) is 0.617. The highest BCUT2D eigenvalue weighted by atomic mass is 35.5. The first-order valence-corrected chi connectivity index (χ1v) is 11.6. The van der Waals surface area contributed by atoms with Gasteiger partial charge in [-0.3, -0.25) is 14.7 Å². The molecule has 0 aliphatic carbocycles. The van der Waals surface area contributed by atoms with Gasteiger partial charge < -0.3 is 10.0 Å². The summed E-state index contributed by atoms with van der Waals surface area (Å²) in [6.45, 7) is 3.18. The second kappa shape index (κ2) is 9.65. The highest BCUT2D eigenvalue weighted by Gasteiger charge is 2.53. The minimum atomic E-state index is -5.08. The fourth-order valence-electron chi connectivity index (χ4n) is 3.52. The van der Waals surface area contributed by atoms with Gasteiger partial charge in [0.15, 0.2) is 0 Å². The summed E-state index contributed by atoms with van der Waals surface area (Å²) >= 11 is 5.75. The Labute approximate surface area is 182 Å². The normalized spacial score (nSPS) is 22.0. The van der Waals surface area contributed by atoms with Crippen molar-refractivity contribution in [3.8, 4) is 0 Å². The van der Waals surface area contributed by atoms with Crippen LogP contribution in [-0.4, -0.2) is 89.5 Å². The number of amides is 1. The summed E-state index contributed by atoms with van der Waals surface area (Å²) in [5.41, 5.74) is 0.479. The van der Waals surface area contributed by atoms with Crippen molar-refractivity contribution in [1.29, 1.82) is 0 Å². The van der Waals surface area contributed by atoms with Gasteiger partial charge in [0.2, 0.25) is 5.91 Å². The monoisotopic (exact) mass is 486 g/mol. The number of likely N-dealkylation sites (tertiary alicyclic amines) is 2. The lowest BCUT2D eigenvalue weighted by Gasteiger charge is -2.53. The molecule has 3 heterocycles. The molecule has 31 heavy (non-hydrogen) atoms. The molecule has 1 spiro atoms. The zero-order valence-corrected chi connectivity index (χ0v) is 18.2. The molecule has 0 radical (unpaired) electrons. The van der Waals surface area contributed by atoms with E-state index < -0.39 is 22.0 Å². The highest BCUT2D eigenvalue weighted by Crippen LogP contribution is 2.40. The van der Waals surface area contributed by atoms with E-state index in [1.807, 2.05) is 0 Å². The molecule has 1 amide bonds.